The molecular formula is C18H18N2O3. The summed E-state index contributed by atoms with van der Waals surface area (Å²) in [5.74, 6) is 0.369. The van der Waals surface area contributed by atoms with Crippen molar-refractivity contribution in [2.45, 2.75) is 13.8 Å². The van der Waals surface area contributed by atoms with Crippen LogP contribution in [0.1, 0.15) is 22.8 Å². The number of aryl methyl sites for hydroxylation is 1. The molecule has 0 aliphatic carbocycles. The predicted octanol–water partition coefficient (Wildman–Crippen LogP) is 2.99. The topological polar surface area (TPSA) is 58.6 Å². The van der Waals surface area contributed by atoms with Crippen LogP contribution in [0.3, 0.4) is 0 Å². The minimum absolute atomic E-state index is 0.0240. The van der Waals surface area contributed by atoms with Gasteiger partial charge in [0.25, 0.3) is 11.8 Å². The number of amides is 2. The van der Waals surface area contributed by atoms with Crippen molar-refractivity contribution < 1.29 is 14.3 Å². The third kappa shape index (κ3) is 3.04. The Kier molecular flexibility index (Phi) is 4.02. The second kappa shape index (κ2) is 6.12. The van der Waals surface area contributed by atoms with Crippen molar-refractivity contribution >= 4 is 23.2 Å². The zero-order chi connectivity index (χ0) is 16.4. The lowest BCUT2D eigenvalue weighted by Crippen LogP contribution is -2.38. The van der Waals surface area contributed by atoms with Crippen LogP contribution in [0.4, 0.5) is 11.4 Å². The van der Waals surface area contributed by atoms with E-state index in [0.717, 1.165) is 11.3 Å². The number of anilines is 2. The molecule has 0 saturated heterocycles. The van der Waals surface area contributed by atoms with Gasteiger partial charge in [0, 0.05) is 23.9 Å². The summed E-state index contributed by atoms with van der Waals surface area (Å²) >= 11 is 0. The first kappa shape index (κ1) is 15.1. The number of nitrogens with zero attached hydrogens (tertiary/aromatic N) is 1. The summed E-state index contributed by atoms with van der Waals surface area (Å²) in [5.41, 5.74) is 3.07. The Morgan fingerprint density at radius 3 is 2.65 bits per heavy atom. The maximum absolute atomic E-state index is 12.2. The summed E-state index contributed by atoms with van der Waals surface area (Å²) in [6.07, 6.45) is 0. The molecule has 0 saturated carbocycles. The second-order valence-corrected chi connectivity index (χ2v) is 5.43. The Bertz CT molecular complexity index is 753. The summed E-state index contributed by atoms with van der Waals surface area (Å²) in [7, 11) is 0. The lowest BCUT2D eigenvalue weighted by Gasteiger charge is -2.28. The summed E-state index contributed by atoms with van der Waals surface area (Å²) in [4.78, 5) is 25.7. The molecule has 23 heavy (non-hydrogen) atoms. The van der Waals surface area contributed by atoms with Crippen molar-refractivity contribution in [3.8, 4) is 5.75 Å². The summed E-state index contributed by atoms with van der Waals surface area (Å²) < 4.78 is 5.47. The van der Waals surface area contributed by atoms with Crippen LogP contribution in [0.5, 0.6) is 5.75 Å². The molecule has 0 fully saturated rings. The first-order valence-electron chi connectivity index (χ1n) is 7.53. The van der Waals surface area contributed by atoms with E-state index < -0.39 is 0 Å². The number of hydrogen-bond acceptors (Lipinski definition) is 3. The van der Waals surface area contributed by atoms with E-state index in [1.54, 1.807) is 35.2 Å². The van der Waals surface area contributed by atoms with Gasteiger partial charge in [-0.15, -0.1) is 0 Å². The Labute approximate surface area is 134 Å². The van der Waals surface area contributed by atoms with E-state index in [4.69, 9.17) is 4.74 Å². The average Bonchev–Trinajstić information content (AvgIpc) is 2.55. The van der Waals surface area contributed by atoms with E-state index in [0.29, 0.717) is 23.5 Å². The molecule has 1 aliphatic rings. The predicted molar refractivity (Wildman–Crippen MR) is 89.1 cm³/mol. The molecule has 5 heteroatoms. The monoisotopic (exact) mass is 310 g/mol. The zero-order valence-electron chi connectivity index (χ0n) is 13.1. The van der Waals surface area contributed by atoms with Crippen molar-refractivity contribution in [3.63, 3.8) is 0 Å². The van der Waals surface area contributed by atoms with E-state index in [1.165, 1.54) is 0 Å². The van der Waals surface area contributed by atoms with Crippen LogP contribution in [0.15, 0.2) is 42.5 Å². The van der Waals surface area contributed by atoms with Crippen molar-refractivity contribution in [1.82, 2.24) is 0 Å². The van der Waals surface area contributed by atoms with E-state index in [-0.39, 0.29) is 18.4 Å². The molecule has 118 valence electrons. The lowest BCUT2D eigenvalue weighted by molar-refractivity contribution is -0.121. The Morgan fingerprint density at radius 2 is 1.96 bits per heavy atom. The number of benzene rings is 2. The molecule has 1 aliphatic heterocycles. The SMILES string of the molecule is CCN1C(=O)COc2cc(NC(=O)c3ccc(C)cc3)ccc21. The summed E-state index contributed by atoms with van der Waals surface area (Å²) in [5, 5.41) is 2.85. The van der Waals surface area contributed by atoms with Crippen LogP contribution in [-0.2, 0) is 4.79 Å². The van der Waals surface area contributed by atoms with Gasteiger partial charge in [-0.3, -0.25) is 9.59 Å². The highest BCUT2D eigenvalue weighted by Crippen LogP contribution is 2.34. The highest BCUT2D eigenvalue weighted by molar-refractivity contribution is 6.05. The molecule has 0 atom stereocenters. The van der Waals surface area contributed by atoms with E-state index in [9.17, 15) is 9.59 Å². The first-order valence-corrected chi connectivity index (χ1v) is 7.53. The van der Waals surface area contributed by atoms with Gasteiger partial charge in [0.15, 0.2) is 6.61 Å². The van der Waals surface area contributed by atoms with Crippen LogP contribution >= 0.6 is 0 Å². The number of carbonyl (C=O) groups is 2. The minimum Gasteiger partial charge on any atom is -0.481 e. The van der Waals surface area contributed by atoms with E-state index in [2.05, 4.69) is 5.32 Å². The van der Waals surface area contributed by atoms with Gasteiger partial charge in [-0.1, -0.05) is 17.7 Å². The Hall–Kier alpha value is -2.82. The number of nitrogens with one attached hydrogen (secondary N) is 1. The molecule has 2 aromatic rings. The van der Waals surface area contributed by atoms with Crippen LogP contribution < -0.4 is 15.0 Å². The molecule has 3 rings (SSSR count). The van der Waals surface area contributed by atoms with Gasteiger partial charge in [-0.25, -0.2) is 0 Å². The maximum atomic E-state index is 12.2. The molecule has 0 unspecified atom stereocenters. The fourth-order valence-electron chi connectivity index (χ4n) is 2.54. The van der Waals surface area contributed by atoms with E-state index >= 15 is 0 Å². The largest absolute Gasteiger partial charge is 0.481 e. The molecule has 5 nitrogen and oxygen atoms in total. The van der Waals surface area contributed by atoms with Gasteiger partial charge in [0.05, 0.1) is 5.69 Å². The molecule has 1 N–H and O–H groups in total. The quantitative estimate of drug-likeness (QED) is 0.948. The molecule has 0 spiro atoms. The van der Waals surface area contributed by atoms with Gasteiger partial charge < -0.3 is 15.0 Å². The van der Waals surface area contributed by atoms with Crippen LogP contribution in [-0.4, -0.2) is 25.0 Å². The molecule has 1 heterocycles. The number of fused-ring (bicyclic) bond motifs is 1. The highest BCUT2D eigenvalue weighted by atomic mass is 16.5. The third-order valence-corrected chi connectivity index (χ3v) is 3.79. The third-order valence-electron chi connectivity index (χ3n) is 3.79. The van der Waals surface area contributed by atoms with Gasteiger partial charge in [-0.2, -0.15) is 0 Å². The second-order valence-electron chi connectivity index (χ2n) is 5.43. The van der Waals surface area contributed by atoms with Gasteiger partial charge in [-0.05, 0) is 38.1 Å². The van der Waals surface area contributed by atoms with Gasteiger partial charge >= 0.3 is 0 Å². The van der Waals surface area contributed by atoms with Crippen LogP contribution in [0, 0.1) is 6.92 Å². The number of rotatable bonds is 3. The smallest absolute Gasteiger partial charge is 0.265 e. The zero-order valence-corrected chi connectivity index (χ0v) is 13.1. The molecule has 2 aromatic carbocycles. The van der Waals surface area contributed by atoms with E-state index in [1.807, 2.05) is 26.0 Å². The lowest BCUT2D eigenvalue weighted by atomic mass is 10.1. The Morgan fingerprint density at radius 1 is 1.22 bits per heavy atom. The average molecular weight is 310 g/mol. The van der Waals surface area contributed by atoms with Crippen LogP contribution in [0.2, 0.25) is 0 Å². The number of ether oxygens (including phenoxy) is 1. The summed E-state index contributed by atoms with van der Waals surface area (Å²) in [6, 6.07) is 12.7. The number of carbonyl (C=O) groups excluding carboxylic acids is 2. The number of likely N-dealkylation sites (N-methyl/N-ethyl adjacent to an activating group) is 1. The molecule has 0 radical (unpaired) electrons. The summed E-state index contributed by atoms with van der Waals surface area (Å²) in [6.45, 7) is 4.50. The Balaban J connectivity index is 1.81. The fraction of sp³-hybridized carbons (Fsp3) is 0.222. The van der Waals surface area contributed by atoms with Crippen molar-refractivity contribution in [3.05, 3.63) is 53.6 Å². The van der Waals surface area contributed by atoms with Crippen molar-refractivity contribution in [2.75, 3.05) is 23.4 Å². The molecule has 0 bridgehead atoms. The normalized spacial score (nSPS) is 13.3. The van der Waals surface area contributed by atoms with Crippen LogP contribution in [0.25, 0.3) is 0 Å². The van der Waals surface area contributed by atoms with Gasteiger partial charge in [0.1, 0.15) is 5.75 Å². The van der Waals surface area contributed by atoms with Crippen molar-refractivity contribution in [1.29, 1.82) is 0 Å². The molecule has 2 amide bonds. The number of hydrogen-bond donors (Lipinski definition) is 1. The van der Waals surface area contributed by atoms with Crippen molar-refractivity contribution in [2.24, 2.45) is 0 Å². The molecule has 0 aromatic heterocycles. The van der Waals surface area contributed by atoms with Gasteiger partial charge in [0.2, 0.25) is 0 Å². The molecular weight excluding hydrogens is 292 g/mol. The fourth-order valence-corrected chi connectivity index (χ4v) is 2.54. The first-order chi connectivity index (χ1) is 11.1. The standard InChI is InChI=1S/C18H18N2O3/c1-3-20-15-9-8-14(10-16(15)23-11-17(20)21)19-18(22)13-6-4-12(2)5-7-13/h4-10H,3,11H2,1-2H3,(H,19,22). The maximum Gasteiger partial charge on any atom is 0.265 e. The highest BCUT2D eigenvalue weighted by Gasteiger charge is 2.24. The minimum atomic E-state index is -0.177.